The lowest BCUT2D eigenvalue weighted by atomic mass is 9.68. The van der Waals surface area contributed by atoms with Crippen LogP contribution >= 0.6 is 0 Å². The first-order valence-electron chi connectivity index (χ1n) is 11.5. The van der Waals surface area contributed by atoms with Gasteiger partial charge in [0, 0.05) is 68.6 Å². The molecule has 2 aliphatic rings. The maximum absolute atomic E-state index is 13.6. The number of nitrogens with zero attached hydrogens (tertiary/aromatic N) is 5. The van der Waals surface area contributed by atoms with Crippen LogP contribution in [0.25, 0.3) is 10.9 Å². The number of aryl methyl sites for hydroxylation is 1. The molecule has 2 amide bonds. The first-order chi connectivity index (χ1) is 16.4. The standard InChI is InChI=1S/C25H29N5O4/c1-16(32)29-10-6-25(7-11-29)15-30(24(33)19-13-26-8-9-27-19)21(14-31)23-22(25)18-5-4-17(34-3)12-20(18)28(23)2/h4-5,8-9,12-13,21,31H,6-7,10-11,14-15H2,1-3H3/t21-/m1/s1. The summed E-state index contributed by atoms with van der Waals surface area (Å²) in [6.45, 7) is 3.07. The van der Waals surface area contributed by atoms with Gasteiger partial charge < -0.3 is 24.2 Å². The second kappa shape index (κ2) is 8.39. The minimum atomic E-state index is -0.524. The molecule has 0 saturated carbocycles. The Balaban J connectivity index is 1.70. The van der Waals surface area contributed by atoms with Crippen LogP contribution in [0.3, 0.4) is 0 Å². The van der Waals surface area contributed by atoms with Gasteiger partial charge in [-0.05, 0) is 30.5 Å². The van der Waals surface area contributed by atoms with Gasteiger partial charge in [-0.25, -0.2) is 4.98 Å². The fourth-order valence-corrected chi connectivity index (χ4v) is 5.79. The largest absolute Gasteiger partial charge is 0.497 e. The van der Waals surface area contributed by atoms with Crippen molar-refractivity contribution < 1.29 is 19.4 Å². The molecule has 3 aromatic rings. The smallest absolute Gasteiger partial charge is 0.274 e. The molecule has 1 fully saturated rings. The first-order valence-corrected chi connectivity index (χ1v) is 11.5. The van der Waals surface area contributed by atoms with Crippen LogP contribution < -0.4 is 4.74 Å². The number of amides is 2. The maximum Gasteiger partial charge on any atom is 0.274 e. The summed E-state index contributed by atoms with van der Waals surface area (Å²) in [7, 11) is 3.61. The number of hydrogen-bond acceptors (Lipinski definition) is 6. The van der Waals surface area contributed by atoms with Crippen LogP contribution in [0.2, 0.25) is 0 Å². The number of aromatic nitrogens is 3. The van der Waals surface area contributed by atoms with E-state index in [2.05, 4.69) is 20.6 Å². The van der Waals surface area contributed by atoms with Crippen molar-refractivity contribution in [3.05, 3.63) is 53.7 Å². The lowest BCUT2D eigenvalue weighted by Crippen LogP contribution is -2.56. The number of ether oxygens (including phenoxy) is 1. The fourth-order valence-electron chi connectivity index (χ4n) is 5.79. The third kappa shape index (κ3) is 3.34. The van der Waals surface area contributed by atoms with Gasteiger partial charge in [-0.1, -0.05) is 0 Å². The molecular weight excluding hydrogens is 434 g/mol. The number of hydrogen-bond donors (Lipinski definition) is 1. The third-order valence-corrected chi connectivity index (χ3v) is 7.53. The van der Waals surface area contributed by atoms with Crippen LogP contribution in [0.15, 0.2) is 36.8 Å². The average Bonchev–Trinajstić information content (AvgIpc) is 3.17. The molecule has 34 heavy (non-hydrogen) atoms. The quantitative estimate of drug-likeness (QED) is 0.638. The molecule has 4 heterocycles. The average molecular weight is 464 g/mol. The minimum absolute atomic E-state index is 0.0641. The van der Waals surface area contributed by atoms with Crippen molar-refractivity contribution in [3.8, 4) is 5.75 Å². The molecule has 0 unspecified atom stereocenters. The number of carbonyl (C=O) groups is 2. The third-order valence-electron chi connectivity index (χ3n) is 7.53. The molecule has 1 N–H and O–H groups in total. The zero-order valence-electron chi connectivity index (χ0n) is 19.7. The van der Waals surface area contributed by atoms with Crippen molar-refractivity contribution in [1.82, 2.24) is 24.3 Å². The molecule has 0 aliphatic carbocycles. The van der Waals surface area contributed by atoms with Crippen molar-refractivity contribution >= 4 is 22.7 Å². The number of methoxy groups -OCH3 is 1. The van der Waals surface area contributed by atoms with E-state index in [-0.39, 0.29) is 29.5 Å². The van der Waals surface area contributed by atoms with Crippen LogP contribution in [0.4, 0.5) is 0 Å². The molecule has 0 radical (unpaired) electrons. The van der Waals surface area contributed by atoms with Crippen molar-refractivity contribution in [2.45, 2.75) is 31.2 Å². The van der Waals surface area contributed by atoms with Crippen LogP contribution in [0.1, 0.15) is 47.6 Å². The molecule has 1 spiro atoms. The zero-order valence-corrected chi connectivity index (χ0v) is 19.7. The Morgan fingerprint density at radius 3 is 2.62 bits per heavy atom. The summed E-state index contributed by atoms with van der Waals surface area (Å²) >= 11 is 0. The first kappa shape index (κ1) is 22.3. The molecule has 2 aromatic heterocycles. The number of aliphatic hydroxyl groups is 1. The van der Waals surface area contributed by atoms with Gasteiger partial charge in [0.1, 0.15) is 11.4 Å². The number of piperidine rings is 1. The Bertz CT molecular complexity index is 1250. The van der Waals surface area contributed by atoms with Gasteiger partial charge in [0.05, 0.1) is 31.5 Å². The lowest BCUT2D eigenvalue weighted by Gasteiger charge is -2.50. The molecular formula is C25H29N5O4. The fraction of sp³-hybridized carbons (Fsp3) is 0.440. The van der Waals surface area contributed by atoms with E-state index in [4.69, 9.17) is 4.74 Å². The van der Waals surface area contributed by atoms with E-state index in [1.807, 2.05) is 24.1 Å². The van der Waals surface area contributed by atoms with E-state index in [0.29, 0.717) is 19.6 Å². The molecule has 0 bridgehead atoms. The molecule has 5 rings (SSSR count). The Labute approximate surface area is 198 Å². The molecule has 9 nitrogen and oxygen atoms in total. The van der Waals surface area contributed by atoms with Gasteiger partial charge in [-0.2, -0.15) is 0 Å². The normalized spacial score (nSPS) is 19.4. The van der Waals surface area contributed by atoms with E-state index >= 15 is 0 Å². The number of benzene rings is 1. The Hall–Kier alpha value is -3.46. The Morgan fingerprint density at radius 1 is 1.24 bits per heavy atom. The van der Waals surface area contributed by atoms with Crippen molar-refractivity contribution in [2.75, 3.05) is 33.4 Å². The van der Waals surface area contributed by atoms with Crippen molar-refractivity contribution in [1.29, 1.82) is 0 Å². The van der Waals surface area contributed by atoms with Gasteiger partial charge in [0.25, 0.3) is 5.91 Å². The summed E-state index contributed by atoms with van der Waals surface area (Å²) in [6, 6.07) is 5.49. The Morgan fingerprint density at radius 2 is 2.00 bits per heavy atom. The summed E-state index contributed by atoms with van der Waals surface area (Å²) in [5.41, 5.74) is 2.98. The summed E-state index contributed by atoms with van der Waals surface area (Å²) in [4.78, 5) is 37.6. The van der Waals surface area contributed by atoms with E-state index in [1.54, 1.807) is 18.9 Å². The summed E-state index contributed by atoms with van der Waals surface area (Å²) in [5, 5.41) is 11.6. The summed E-state index contributed by atoms with van der Waals surface area (Å²) < 4.78 is 7.54. The van der Waals surface area contributed by atoms with E-state index in [9.17, 15) is 14.7 Å². The highest BCUT2D eigenvalue weighted by atomic mass is 16.5. The highest BCUT2D eigenvalue weighted by molar-refractivity contribution is 5.94. The predicted molar refractivity (Wildman–Crippen MR) is 126 cm³/mol. The molecule has 2 aliphatic heterocycles. The molecule has 1 aromatic carbocycles. The monoisotopic (exact) mass is 463 g/mol. The van der Waals surface area contributed by atoms with Gasteiger partial charge in [0.2, 0.25) is 5.91 Å². The highest BCUT2D eigenvalue weighted by Gasteiger charge is 2.49. The second-order valence-corrected chi connectivity index (χ2v) is 9.21. The summed E-state index contributed by atoms with van der Waals surface area (Å²) in [5.74, 6) is 0.558. The number of fused-ring (bicyclic) bond motifs is 4. The SMILES string of the molecule is COc1ccc2c3c(n(C)c2c1)[C@@H](CO)N(C(=O)c1cnccn1)CC31CCN(C(C)=O)CC1. The maximum atomic E-state index is 13.6. The molecule has 178 valence electrons. The zero-order chi connectivity index (χ0) is 24.0. The van der Waals surface area contributed by atoms with Gasteiger partial charge >= 0.3 is 0 Å². The second-order valence-electron chi connectivity index (χ2n) is 9.21. The van der Waals surface area contributed by atoms with Gasteiger partial charge in [0.15, 0.2) is 0 Å². The molecule has 1 atom stereocenters. The topological polar surface area (TPSA) is 101 Å². The lowest BCUT2D eigenvalue weighted by molar-refractivity contribution is -0.130. The van der Waals surface area contributed by atoms with Crippen LogP contribution in [0, 0.1) is 0 Å². The van der Waals surface area contributed by atoms with Crippen LogP contribution in [0.5, 0.6) is 5.75 Å². The number of likely N-dealkylation sites (tertiary alicyclic amines) is 1. The van der Waals surface area contributed by atoms with E-state index in [0.717, 1.165) is 40.8 Å². The highest BCUT2D eigenvalue weighted by Crippen LogP contribution is 2.50. The van der Waals surface area contributed by atoms with E-state index < -0.39 is 6.04 Å². The van der Waals surface area contributed by atoms with Crippen molar-refractivity contribution in [3.63, 3.8) is 0 Å². The van der Waals surface area contributed by atoms with Crippen molar-refractivity contribution in [2.24, 2.45) is 7.05 Å². The number of aliphatic hydroxyl groups excluding tert-OH is 1. The predicted octanol–water partition coefficient (Wildman–Crippen LogP) is 2.05. The molecule has 9 heteroatoms. The molecule has 1 saturated heterocycles. The summed E-state index contributed by atoms with van der Waals surface area (Å²) in [6.07, 6.45) is 5.95. The van der Waals surface area contributed by atoms with Gasteiger partial charge in [-0.15, -0.1) is 0 Å². The number of rotatable bonds is 3. The van der Waals surface area contributed by atoms with Crippen LogP contribution in [-0.4, -0.2) is 74.6 Å². The van der Waals surface area contributed by atoms with Crippen LogP contribution in [-0.2, 0) is 17.3 Å². The number of carbonyl (C=O) groups excluding carboxylic acids is 2. The van der Waals surface area contributed by atoms with Gasteiger partial charge in [-0.3, -0.25) is 14.6 Å². The van der Waals surface area contributed by atoms with E-state index in [1.165, 1.54) is 18.6 Å². The Kier molecular flexibility index (Phi) is 5.51. The minimum Gasteiger partial charge on any atom is -0.497 e.